The predicted octanol–water partition coefficient (Wildman–Crippen LogP) is 5.90. The number of aromatic nitrogens is 1. The first-order chi connectivity index (χ1) is 16.6. The van der Waals surface area contributed by atoms with Crippen molar-refractivity contribution in [3.63, 3.8) is 0 Å². The lowest BCUT2D eigenvalue weighted by atomic mass is 9.69. The van der Waals surface area contributed by atoms with Gasteiger partial charge >= 0.3 is 6.09 Å². The minimum absolute atomic E-state index is 0.0786. The maximum atomic E-state index is 12.7. The number of allylic oxidation sites excluding steroid dienone is 3. The summed E-state index contributed by atoms with van der Waals surface area (Å²) in [6.07, 6.45) is 13.5. The molecule has 1 N–H and O–H groups in total. The van der Waals surface area contributed by atoms with Gasteiger partial charge in [-0.2, -0.15) is 0 Å². The fourth-order valence-corrected chi connectivity index (χ4v) is 5.49. The summed E-state index contributed by atoms with van der Waals surface area (Å²) in [5.74, 6) is 6.42. The highest BCUT2D eigenvalue weighted by molar-refractivity contribution is 5.93. The van der Waals surface area contributed by atoms with Crippen LogP contribution in [0.25, 0.3) is 10.9 Å². The van der Waals surface area contributed by atoms with E-state index in [1.807, 2.05) is 45.0 Å². The second kappa shape index (κ2) is 10.0. The summed E-state index contributed by atoms with van der Waals surface area (Å²) < 4.78 is 7.08. The van der Waals surface area contributed by atoms with Crippen molar-refractivity contribution in [3.05, 3.63) is 59.8 Å². The van der Waals surface area contributed by atoms with Crippen molar-refractivity contribution in [2.24, 2.45) is 5.92 Å². The quantitative estimate of drug-likeness (QED) is 0.563. The van der Waals surface area contributed by atoms with Crippen LogP contribution in [0.1, 0.15) is 64.9 Å². The Labute approximate surface area is 209 Å². The topological polar surface area (TPSA) is 54.7 Å². The van der Waals surface area contributed by atoms with Crippen molar-refractivity contribution in [2.45, 2.75) is 76.5 Å². The maximum absolute atomic E-state index is 12.7. The zero-order valence-corrected chi connectivity index (χ0v) is 21.7. The Morgan fingerprint density at radius 1 is 1.23 bits per heavy atom. The van der Waals surface area contributed by atoms with Crippen LogP contribution in [0.15, 0.2) is 54.3 Å². The summed E-state index contributed by atoms with van der Waals surface area (Å²) in [5.41, 5.74) is 2.48. The second-order valence-electron chi connectivity index (χ2n) is 11.0. The zero-order valence-electron chi connectivity index (χ0n) is 21.7. The van der Waals surface area contributed by atoms with Crippen LogP contribution in [0.4, 0.5) is 4.79 Å². The molecule has 2 aliphatic rings. The van der Waals surface area contributed by atoms with E-state index in [-0.39, 0.29) is 11.5 Å². The maximum Gasteiger partial charge on any atom is 0.419 e. The molecule has 2 aromatic rings. The third-order valence-corrected chi connectivity index (χ3v) is 7.43. The largest absolute Gasteiger partial charge is 0.443 e. The fourth-order valence-electron chi connectivity index (χ4n) is 5.49. The van der Waals surface area contributed by atoms with Crippen molar-refractivity contribution < 1.29 is 14.6 Å². The van der Waals surface area contributed by atoms with Crippen LogP contribution in [-0.4, -0.2) is 52.0 Å². The Balaban J connectivity index is 1.51. The van der Waals surface area contributed by atoms with Crippen LogP contribution in [0, 0.1) is 17.8 Å². The first-order valence-corrected chi connectivity index (χ1v) is 12.7. The molecule has 35 heavy (non-hydrogen) atoms. The van der Waals surface area contributed by atoms with Gasteiger partial charge in [-0.05, 0) is 90.9 Å². The number of carbonyl (C=O) groups excluding carboxylic acids is 1. The van der Waals surface area contributed by atoms with Gasteiger partial charge in [-0.15, -0.1) is 0 Å². The van der Waals surface area contributed by atoms with Crippen LogP contribution >= 0.6 is 0 Å². The molecule has 1 saturated carbocycles. The number of para-hydroxylation sites is 1. The molecule has 1 fully saturated rings. The van der Waals surface area contributed by atoms with Gasteiger partial charge in [-0.3, -0.25) is 9.47 Å². The van der Waals surface area contributed by atoms with Crippen LogP contribution in [0.3, 0.4) is 0 Å². The molecule has 5 heteroatoms. The Bertz CT molecular complexity index is 1190. The Kier molecular flexibility index (Phi) is 7.26. The number of benzene rings is 1. The third kappa shape index (κ3) is 5.39. The third-order valence-electron chi connectivity index (χ3n) is 7.43. The molecule has 1 heterocycles. The molecular formula is C30H38N2O3. The molecule has 1 aromatic heterocycles. The van der Waals surface area contributed by atoms with Crippen LogP contribution in [0.5, 0.6) is 0 Å². The number of aliphatic hydroxyl groups is 1. The van der Waals surface area contributed by atoms with E-state index >= 15 is 0 Å². The Morgan fingerprint density at radius 3 is 2.57 bits per heavy atom. The van der Waals surface area contributed by atoms with Gasteiger partial charge in [0.25, 0.3) is 0 Å². The molecule has 0 aliphatic heterocycles. The molecule has 186 valence electrons. The lowest BCUT2D eigenvalue weighted by molar-refractivity contribution is 0.0544. The lowest BCUT2D eigenvalue weighted by Gasteiger charge is -2.47. The number of hydrogen-bond donors (Lipinski definition) is 1. The molecule has 0 saturated heterocycles. The summed E-state index contributed by atoms with van der Waals surface area (Å²) in [6, 6.07) is 7.66. The van der Waals surface area contributed by atoms with E-state index in [1.54, 1.807) is 6.20 Å². The average Bonchev–Trinajstić information content (AvgIpc) is 3.21. The van der Waals surface area contributed by atoms with Gasteiger partial charge in [0, 0.05) is 17.1 Å². The van der Waals surface area contributed by atoms with E-state index < -0.39 is 17.8 Å². The molecule has 1 aromatic carbocycles. The number of carbonyl (C=O) groups is 1. The smallest absolute Gasteiger partial charge is 0.419 e. The van der Waals surface area contributed by atoms with E-state index in [0.29, 0.717) is 0 Å². The van der Waals surface area contributed by atoms with E-state index in [9.17, 15) is 9.90 Å². The summed E-state index contributed by atoms with van der Waals surface area (Å²) >= 11 is 0. The minimum Gasteiger partial charge on any atom is -0.443 e. The monoisotopic (exact) mass is 474 g/mol. The number of fused-ring (bicyclic) bond motifs is 1. The van der Waals surface area contributed by atoms with Crippen LogP contribution in [-0.2, 0) is 4.74 Å². The van der Waals surface area contributed by atoms with E-state index in [2.05, 4.69) is 49.1 Å². The Morgan fingerprint density at radius 2 is 1.94 bits per heavy atom. The molecule has 0 spiro atoms. The number of ether oxygens (including phenoxy) is 1. The number of nitrogens with zero attached hydrogens (tertiary/aromatic N) is 2. The lowest BCUT2D eigenvalue weighted by Crippen LogP contribution is -2.49. The van der Waals surface area contributed by atoms with E-state index in [0.717, 1.165) is 55.0 Å². The number of rotatable bonds is 3. The van der Waals surface area contributed by atoms with Gasteiger partial charge in [0.05, 0.1) is 11.1 Å². The first-order valence-electron chi connectivity index (χ1n) is 12.7. The normalized spacial score (nSPS) is 23.5. The second-order valence-corrected chi connectivity index (χ2v) is 11.0. The van der Waals surface area contributed by atoms with Crippen molar-refractivity contribution in [3.8, 4) is 11.8 Å². The molecule has 2 aliphatic carbocycles. The highest BCUT2D eigenvalue weighted by Crippen LogP contribution is 2.43. The summed E-state index contributed by atoms with van der Waals surface area (Å²) in [4.78, 5) is 15.1. The van der Waals surface area contributed by atoms with E-state index in [4.69, 9.17) is 4.74 Å². The van der Waals surface area contributed by atoms with Gasteiger partial charge in [0.1, 0.15) is 11.7 Å². The molecule has 4 rings (SSSR count). The Hall–Kier alpha value is -2.81. The molecular weight excluding hydrogens is 436 g/mol. The summed E-state index contributed by atoms with van der Waals surface area (Å²) in [7, 11) is 4.35. The van der Waals surface area contributed by atoms with Gasteiger partial charge in [-0.1, -0.05) is 48.3 Å². The highest BCUT2D eigenvalue weighted by atomic mass is 16.6. The average molecular weight is 475 g/mol. The van der Waals surface area contributed by atoms with Gasteiger partial charge in [0.2, 0.25) is 0 Å². The molecule has 5 nitrogen and oxygen atoms in total. The summed E-state index contributed by atoms with van der Waals surface area (Å²) in [6.45, 7) is 5.55. The van der Waals surface area contributed by atoms with Gasteiger partial charge in [-0.25, -0.2) is 4.79 Å². The van der Waals surface area contributed by atoms with E-state index in [1.165, 1.54) is 10.1 Å². The zero-order chi connectivity index (χ0) is 25.2. The van der Waals surface area contributed by atoms with Crippen molar-refractivity contribution in [1.82, 2.24) is 9.47 Å². The van der Waals surface area contributed by atoms with Crippen molar-refractivity contribution >= 4 is 17.0 Å². The number of likely N-dealkylation sites (N-methyl/N-ethyl adjacent to an activating group) is 1. The highest BCUT2D eigenvalue weighted by Gasteiger charge is 2.41. The van der Waals surface area contributed by atoms with Crippen LogP contribution < -0.4 is 0 Å². The standard InChI is InChI=1S/C30H38N2O3/c1-29(2,3)35-28(34)32-21-23(25-13-9-10-14-26(25)32)15-16-27(33)22-17-19-30(20-18-22,31(4)5)24-11-7-6-8-12-24/h6-7,9-11,13-14,21-22,27,33H,8,12,17-20H2,1-5H3. The molecule has 1 unspecified atom stereocenters. The SMILES string of the molecule is CN(C)C1(C2=CC=CCC2)CCC(C(O)C#Cc2cn(C(=O)OC(C)(C)C)c3ccccc23)CC1. The van der Waals surface area contributed by atoms with Gasteiger partial charge < -0.3 is 9.84 Å². The van der Waals surface area contributed by atoms with Crippen LogP contribution in [0.2, 0.25) is 0 Å². The first kappa shape index (κ1) is 25.3. The van der Waals surface area contributed by atoms with Crippen molar-refractivity contribution in [2.75, 3.05) is 14.1 Å². The molecule has 1 atom stereocenters. The number of hydrogen-bond acceptors (Lipinski definition) is 4. The molecule has 0 radical (unpaired) electrons. The molecule has 0 bridgehead atoms. The molecule has 0 amide bonds. The predicted molar refractivity (Wildman–Crippen MR) is 141 cm³/mol. The minimum atomic E-state index is -0.695. The summed E-state index contributed by atoms with van der Waals surface area (Å²) in [5, 5.41) is 11.9. The number of aliphatic hydroxyl groups excluding tert-OH is 1. The fraction of sp³-hybridized carbons (Fsp3) is 0.500. The van der Waals surface area contributed by atoms with Gasteiger partial charge in [0.15, 0.2) is 0 Å². The van der Waals surface area contributed by atoms with Crippen molar-refractivity contribution in [1.29, 1.82) is 0 Å².